The van der Waals surface area contributed by atoms with Crippen LogP contribution in [0.2, 0.25) is 0 Å². The summed E-state index contributed by atoms with van der Waals surface area (Å²) in [5.74, 6) is 0.0474. The highest BCUT2D eigenvalue weighted by Gasteiger charge is 2.25. The van der Waals surface area contributed by atoms with E-state index in [-0.39, 0.29) is 18.1 Å². The normalized spacial score (nSPS) is 10.3. The van der Waals surface area contributed by atoms with Gasteiger partial charge in [-0.25, -0.2) is 14.3 Å². The third-order valence-electron chi connectivity index (χ3n) is 3.47. The molecule has 1 amide bonds. The lowest BCUT2D eigenvalue weighted by Gasteiger charge is -2.09. The quantitative estimate of drug-likeness (QED) is 0.606. The van der Waals surface area contributed by atoms with Crippen molar-refractivity contribution in [3.05, 3.63) is 70.8 Å². The van der Waals surface area contributed by atoms with Gasteiger partial charge in [0.05, 0.1) is 16.8 Å². The van der Waals surface area contributed by atoms with E-state index in [0.29, 0.717) is 15.9 Å². The monoisotopic (exact) mass is 429 g/mol. The van der Waals surface area contributed by atoms with Gasteiger partial charge in [0.25, 0.3) is 0 Å². The summed E-state index contributed by atoms with van der Waals surface area (Å²) < 4.78 is 12.0. The van der Waals surface area contributed by atoms with Crippen LogP contribution in [0.3, 0.4) is 0 Å². The number of nitrogens with one attached hydrogen (secondary N) is 1. The number of hydrogen-bond acceptors (Lipinski definition) is 5. The molecule has 0 radical (unpaired) electrons. The number of esters is 1. The van der Waals surface area contributed by atoms with E-state index in [4.69, 9.17) is 9.47 Å². The number of carbonyl (C=O) groups excluding carboxylic acids is 2. The second-order valence-corrected chi connectivity index (χ2v) is 6.10. The zero-order valence-electron chi connectivity index (χ0n) is 14.4. The lowest BCUT2D eigenvalue weighted by Crippen LogP contribution is -2.19. The number of rotatable bonds is 5. The number of para-hydroxylation sites is 2. The Kier molecular flexibility index (Phi) is 5.87. The van der Waals surface area contributed by atoms with Crippen LogP contribution in [0.5, 0.6) is 5.75 Å². The van der Waals surface area contributed by atoms with Crippen LogP contribution in [-0.2, 0) is 4.74 Å². The fraction of sp³-hybridized carbons (Fsp3) is 0.105. The topological polar surface area (TPSA) is 82.5 Å². The molecule has 1 aromatic heterocycles. The van der Waals surface area contributed by atoms with Crippen LogP contribution in [0.25, 0.3) is 5.69 Å². The summed E-state index contributed by atoms with van der Waals surface area (Å²) in [6, 6.07) is 17.7. The molecule has 0 aliphatic carbocycles. The average molecular weight is 430 g/mol. The van der Waals surface area contributed by atoms with Crippen LogP contribution >= 0.6 is 15.9 Å². The number of amides is 1. The first-order valence-electron chi connectivity index (χ1n) is 8.15. The molecule has 0 saturated heterocycles. The molecule has 0 fully saturated rings. The number of ether oxygens (including phenoxy) is 2. The molecule has 1 N–H and O–H groups in total. The zero-order chi connectivity index (χ0) is 19.2. The maximum atomic E-state index is 12.3. The van der Waals surface area contributed by atoms with Crippen molar-refractivity contribution in [2.75, 3.05) is 11.9 Å². The Morgan fingerprint density at radius 1 is 1.07 bits per heavy atom. The predicted molar refractivity (Wildman–Crippen MR) is 103 cm³/mol. The molecule has 0 atom stereocenters. The van der Waals surface area contributed by atoms with Crippen LogP contribution in [0, 0.1) is 0 Å². The van der Waals surface area contributed by atoms with Crippen molar-refractivity contribution >= 4 is 33.8 Å². The summed E-state index contributed by atoms with van der Waals surface area (Å²) in [4.78, 5) is 24.5. The number of nitrogens with zero attached hydrogens (tertiary/aromatic N) is 2. The van der Waals surface area contributed by atoms with Crippen molar-refractivity contribution in [3.63, 3.8) is 0 Å². The van der Waals surface area contributed by atoms with Gasteiger partial charge in [0.2, 0.25) is 0 Å². The number of hydrogen-bond donors (Lipinski definition) is 1. The second kappa shape index (κ2) is 8.50. The van der Waals surface area contributed by atoms with E-state index in [0.717, 1.165) is 0 Å². The zero-order valence-corrected chi connectivity index (χ0v) is 16.0. The number of carbonyl (C=O) groups is 2. The van der Waals surface area contributed by atoms with Gasteiger partial charge < -0.3 is 9.47 Å². The Bertz CT molecular complexity index is 942. The van der Waals surface area contributed by atoms with Crippen molar-refractivity contribution in [2.45, 2.75) is 6.92 Å². The van der Waals surface area contributed by atoms with E-state index < -0.39 is 12.1 Å². The summed E-state index contributed by atoms with van der Waals surface area (Å²) in [7, 11) is 0. The van der Waals surface area contributed by atoms with Gasteiger partial charge in [-0.1, -0.05) is 36.4 Å². The van der Waals surface area contributed by atoms with Gasteiger partial charge in [0.1, 0.15) is 5.75 Å². The van der Waals surface area contributed by atoms with E-state index in [1.807, 2.05) is 24.3 Å². The average Bonchev–Trinajstić information content (AvgIpc) is 3.00. The van der Waals surface area contributed by atoms with Gasteiger partial charge in [-0.15, -0.1) is 0 Å². The first-order chi connectivity index (χ1) is 13.1. The fourth-order valence-electron chi connectivity index (χ4n) is 2.31. The molecule has 138 valence electrons. The molecule has 3 rings (SSSR count). The number of aromatic nitrogens is 2. The lowest BCUT2D eigenvalue weighted by atomic mass is 10.3. The van der Waals surface area contributed by atoms with Crippen LogP contribution in [0.4, 0.5) is 10.6 Å². The van der Waals surface area contributed by atoms with Gasteiger partial charge in [-0.2, -0.15) is 5.10 Å². The van der Waals surface area contributed by atoms with E-state index in [1.165, 1.54) is 4.68 Å². The van der Waals surface area contributed by atoms with Crippen molar-refractivity contribution in [3.8, 4) is 11.4 Å². The molecular formula is C19H16BrN3O4. The Hall–Kier alpha value is -3.13. The highest BCUT2D eigenvalue weighted by molar-refractivity contribution is 9.10. The van der Waals surface area contributed by atoms with E-state index in [2.05, 4.69) is 26.3 Å². The molecule has 0 aliphatic rings. The lowest BCUT2D eigenvalue weighted by molar-refractivity contribution is 0.0518. The molecule has 0 bridgehead atoms. The summed E-state index contributed by atoms with van der Waals surface area (Å²) in [6.07, 6.45) is -0.714. The molecule has 0 unspecified atom stereocenters. The molecule has 8 heteroatoms. The van der Waals surface area contributed by atoms with Gasteiger partial charge in [-0.3, -0.25) is 5.32 Å². The van der Waals surface area contributed by atoms with Crippen LogP contribution in [-0.4, -0.2) is 28.4 Å². The van der Waals surface area contributed by atoms with E-state index >= 15 is 0 Å². The minimum absolute atomic E-state index is 0.0516. The van der Waals surface area contributed by atoms with E-state index in [1.54, 1.807) is 43.3 Å². The third-order valence-corrected chi connectivity index (χ3v) is 4.22. The summed E-state index contributed by atoms with van der Waals surface area (Å²) >= 11 is 3.33. The SMILES string of the molecule is CCOC(=O)c1nn(-c2ccccc2)c(NC(=O)Oc2ccccc2)c1Br. The standard InChI is InChI=1S/C19H16BrN3O4/c1-2-26-18(24)16-15(20)17(23(22-16)13-9-5-3-6-10-13)21-19(25)27-14-11-7-4-8-12-14/h3-12H,2H2,1H3,(H,21,25). The third kappa shape index (κ3) is 4.35. The van der Waals surface area contributed by atoms with Gasteiger partial charge >= 0.3 is 12.1 Å². The first-order valence-corrected chi connectivity index (χ1v) is 8.94. The Morgan fingerprint density at radius 2 is 1.70 bits per heavy atom. The molecule has 2 aromatic carbocycles. The number of halogens is 1. The minimum atomic E-state index is -0.714. The molecule has 1 heterocycles. The maximum Gasteiger partial charge on any atom is 0.418 e. The number of benzene rings is 2. The van der Waals surface area contributed by atoms with Gasteiger partial charge in [0.15, 0.2) is 11.5 Å². The molecular weight excluding hydrogens is 414 g/mol. The largest absolute Gasteiger partial charge is 0.461 e. The second-order valence-electron chi connectivity index (χ2n) is 5.31. The predicted octanol–water partition coefficient (Wildman–Crippen LogP) is 4.42. The minimum Gasteiger partial charge on any atom is -0.461 e. The Balaban J connectivity index is 1.94. The first kappa shape index (κ1) is 18.7. The Labute approximate surface area is 164 Å². The highest BCUT2D eigenvalue weighted by Crippen LogP contribution is 2.30. The molecule has 27 heavy (non-hydrogen) atoms. The summed E-state index contributed by atoms with van der Waals surface area (Å²) in [5.41, 5.74) is 0.708. The summed E-state index contributed by atoms with van der Waals surface area (Å²) in [5, 5.41) is 6.91. The van der Waals surface area contributed by atoms with Crippen molar-refractivity contribution in [1.29, 1.82) is 0 Å². The van der Waals surface area contributed by atoms with Crippen molar-refractivity contribution < 1.29 is 19.1 Å². The summed E-state index contributed by atoms with van der Waals surface area (Å²) in [6.45, 7) is 1.92. The van der Waals surface area contributed by atoms with Gasteiger partial charge in [-0.05, 0) is 47.1 Å². The number of anilines is 1. The molecule has 0 saturated carbocycles. The highest BCUT2D eigenvalue weighted by atomic mass is 79.9. The van der Waals surface area contributed by atoms with Crippen LogP contribution in [0.1, 0.15) is 17.4 Å². The van der Waals surface area contributed by atoms with Crippen molar-refractivity contribution in [2.24, 2.45) is 0 Å². The molecule has 0 aliphatic heterocycles. The molecule has 7 nitrogen and oxygen atoms in total. The van der Waals surface area contributed by atoms with Crippen LogP contribution < -0.4 is 10.1 Å². The Morgan fingerprint density at radius 3 is 2.33 bits per heavy atom. The smallest absolute Gasteiger partial charge is 0.418 e. The molecule has 0 spiro atoms. The molecule has 3 aromatic rings. The maximum absolute atomic E-state index is 12.3. The van der Waals surface area contributed by atoms with Crippen LogP contribution in [0.15, 0.2) is 65.1 Å². The fourth-order valence-corrected chi connectivity index (χ4v) is 2.82. The van der Waals surface area contributed by atoms with Crippen molar-refractivity contribution in [1.82, 2.24) is 9.78 Å². The van der Waals surface area contributed by atoms with Gasteiger partial charge in [0, 0.05) is 0 Å². The van der Waals surface area contributed by atoms with E-state index in [9.17, 15) is 9.59 Å².